The molecule has 24 heavy (non-hydrogen) atoms. The van der Waals surface area contributed by atoms with E-state index in [2.05, 4.69) is 20.9 Å². The second-order valence-electron chi connectivity index (χ2n) is 6.45. The second-order valence-corrected chi connectivity index (χ2v) is 6.45. The third kappa shape index (κ3) is 8.45. The predicted octanol–water partition coefficient (Wildman–Crippen LogP) is 1.98. The first-order valence-electron chi connectivity index (χ1n) is 7.98. The molecule has 5 nitrogen and oxygen atoms in total. The minimum atomic E-state index is -0.593. The molecule has 0 atom stereocenters. The highest BCUT2D eigenvalue weighted by molar-refractivity contribution is 5.85. The van der Waals surface area contributed by atoms with Crippen LogP contribution in [0.4, 0.5) is 8.78 Å². The number of benzene rings is 1. The summed E-state index contributed by atoms with van der Waals surface area (Å²) in [6, 6.07) is 3.44. The van der Waals surface area contributed by atoms with Crippen LogP contribution in [0.1, 0.15) is 33.3 Å². The topological polar surface area (TPSA) is 65.5 Å². The zero-order valence-electron chi connectivity index (χ0n) is 14.7. The van der Waals surface area contributed by atoms with Crippen LogP contribution in [0.3, 0.4) is 0 Å². The molecule has 0 saturated carbocycles. The molecule has 1 aromatic carbocycles. The number of hydrogen-bond donors (Lipinski definition) is 3. The third-order valence-corrected chi connectivity index (χ3v) is 2.87. The molecular formula is C17H26F2N4O. The highest BCUT2D eigenvalue weighted by Crippen LogP contribution is 2.08. The molecule has 0 bridgehead atoms. The van der Waals surface area contributed by atoms with E-state index in [0.717, 1.165) is 6.07 Å². The van der Waals surface area contributed by atoms with Gasteiger partial charge in [0.25, 0.3) is 0 Å². The van der Waals surface area contributed by atoms with Crippen molar-refractivity contribution in [2.24, 2.45) is 4.99 Å². The zero-order valence-corrected chi connectivity index (χ0v) is 14.7. The van der Waals surface area contributed by atoms with Gasteiger partial charge < -0.3 is 16.0 Å². The molecule has 0 aromatic heterocycles. The summed E-state index contributed by atoms with van der Waals surface area (Å²) in [5, 5.41) is 8.89. The summed E-state index contributed by atoms with van der Waals surface area (Å²) in [5.41, 5.74) is 0.251. The zero-order chi connectivity index (χ0) is 18.2. The number of carbonyl (C=O) groups excluding carboxylic acids is 1. The van der Waals surface area contributed by atoms with Gasteiger partial charge in [-0.1, -0.05) is 0 Å². The molecule has 0 aliphatic rings. The maximum Gasteiger partial charge on any atom is 0.242 e. The molecule has 3 N–H and O–H groups in total. The molecule has 134 valence electrons. The number of nitrogens with one attached hydrogen (secondary N) is 3. The number of nitrogens with zero attached hydrogens (tertiary/aromatic N) is 1. The van der Waals surface area contributed by atoms with E-state index in [-0.39, 0.29) is 18.0 Å². The van der Waals surface area contributed by atoms with Crippen LogP contribution in [0.2, 0.25) is 0 Å². The Labute approximate surface area is 141 Å². The van der Waals surface area contributed by atoms with Gasteiger partial charge in [0.2, 0.25) is 5.91 Å². The summed E-state index contributed by atoms with van der Waals surface area (Å²) in [6.45, 7) is 8.69. The minimum absolute atomic E-state index is 0.00119. The number of aliphatic imine (C=N–C) groups is 1. The standard InChI is InChI=1S/C17H26F2N4O/c1-5-20-16(22-11-15(24)23-17(2,3)4)21-7-6-12-8-13(18)10-14(19)9-12/h8-10H,5-7,11H2,1-4H3,(H,23,24)(H2,20,21,22). The Morgan fingerprint density at radius 3 is 2.29 bits per heavy atom. The van der Waals surface area contributed by atoms with Crippen molar-refractivity contribution in [1.29, 1.82) is 0 Å². The largest absolute Gasteiger partial charge is 0.357 e. The maximum atomic E-state index is 13.1. The van der Waals surface area contributed by atoms with E-state index in [1.165, 1.54) is 12.1 Å². The lowest BCUT2D eigenvalue weighted by atomic mass is 10.1. The van der Waals surface area contributed by atoms with Crippen molar-refractivity contribution in [3.63, 3.8) is 0 Å². The van der Waals surface area contributed by atoms with Gasteiger partial charge in [-0.3, -0.25) is 4.79 Å². The van der Waals surface area contributed by atoms with E-state index in [4.69, 9.17) is 0 Å². The molecular weight excluding hydrogens is 314 g/mol. The number of hydrogen-bond acceptors (Lipinski definition) is 2. The summed E-state index contributed by atoms with van der Waals surface area (Å²) in [6.07, 6.45) is 0.438. The fourth-order valence-electron chi connectivity index (χ4n) is 2.03. The Morgan fingerprint density at radius 2 is 1.75 bits per heavy atom. The summed E-state index contributed by atoms with van der Waals surface area (Å²) in [4.78, 5) is 16.0. The SMILES string of the molecule is CCNC(=NCC(=O)NC(C)(C)C)NCCc1cc(F)cc(F)c1. The Bertz CT molecular complexity index is 562. The highest BCUT2D eigenvalue weighted by Gasteiger charge is 2.13. The van der Waals surface area contributed by atoms with Crippen LogP contribution < -0.4 is 16.0 Å². The summed E-state index contributed by atoms with van der Waals surface area (Å²) < 4.78 is 26.3. The van der Waals surface area contributed by atoms with Crippen molar-refractivity contribution in [2.75, 3.05) is 19.6 Å². The number of guanidine groups is 1. The maximum absolute atomic E-state index is 13.1. The lowest BCUT2D eigenvalue weighted by Crippen LogP contribution is -2.43. The molecule has 0 aliphatic carbocycles. The third-order valence-electron chi connectivity index (χ3n) is 2.87. The second kappa shape index (κ2) is 9.20. The van der Waals surface area contributed by atoms with Crippen LogP contribution in [0.15, 0.2) is 23.2 Å². The number of halogens is 2. The van der Waals surface area contributed by atoms with Crippen LogP contribution in [-0.4, -0.2) is 37.0 Å². The van der Waals surface area contributed by atoms with Gasteiger partial charge in [0.15, 0.2) is 5.96 Å². The van der Waals surface area contributed by atoms with Gasteiger partial charge in [-0.05, 0) is 51.8 Å². The number of carbonyl (C=O) groups is 1. The van der Waals surface area contributed by atoms with Crippen molar-refractivity contribution in [2.45, 2.75) is 39.7 Å². The average molecular weight is 340 g/mol. The Kier molecular flexibility index (Phi) is 7.61. The smallest absolute Gasteiger partial charge is 0.242 e. The predicted molar refractivity (Wildman–Crippen MR) is 91.9 cm³/mol. The lowest BCUT2D eigenvalue weighted by molar-refractivity contribution is -0.121. The Morgan fingerprint density at radius 1 is 1.12 bits per heavy atom. The molecule has 0 saturated heterocycles. The Balaban J connectivity index is 2.53. The molecule has 0 heterocycles. The normalized spacial score (nSPS) is 12.0. The van der Waals surface area contributed by atoms with Gasteiger partial charge in [-0.15, -0.1) is 0 Å². The van der Waals surface area contributed by atoms with E-state index < -0.39 is 11.6 Å². The molecule has 1 amide bonds. The van der Waals surface area contributed by atoms with Gasteiger partial charge in [-0.25, -0.2) is 13.8 Å². The monoisotopic (exact) mass is 340 g/mol. The van der Waals surface area contributed by atoms with Crippen LogP contribution in [-0.2, 0) is 11.2 Å². The molecule has 1 aromatic rings. The van der Waals surface area contributed by atoms with Crippen molar-refractivity contribution in [3.8, 4) is 0 Å². The van der Waals surface area contributed by atoms with Gasteiger partial charge in [0.1, 0.15) is 18.2 Å². The molecule has 7 heteroatoms. The summed E-state index contributed by atoms with van der Waals surface area (Å²) >= 11 is 0. The lowest BCUT2D eigenvalue weighted by Gasteiger charge is -2.20. The average Bonchev–Trinajstić information content (AvgIpc) is 2.42. The first-order chi connectivity index (χ1) is 11.2. The van der Waals surface area contributed by atoms with E-state index in [1.54, 1.807) is 0 Å². The fraction of sp³-hybridized carbons (Fsp3) is 0.529. The molecule has 0 spiro atoms. The van der Waals surface area contributed by atoms with Crippen molar-refractivity contribution < 1.29 is 13.6 Å². The highest BCUT2D eigenvalue weighted by atomic mass is 19.1. The quantitative estimate of drug-likeness (QED) is 0.548. The van der Waals surface area contributed by atoms with Crippen LogP contribution >= 0.6 is 0 Å². The molecule has 0 unspecified atom stereocenters. The van der Waals surface area contributed by atoms with Gasteiger partial charge in [0, 0.05) is 24.7 Å². The summed E-state index contributed by atoms with van der Waals surface area (Å²) in [5.74, 6) is -0.876. The molecule has 0 fully saturated rings. The first kappa shape index (κ1) is 19.9. The molecule has 1 rings (SSSR count). The van der Waals surface area contributed by atoms with E-state index >= 15 is 0 Å². The van der Waals surface area contributed by atoms with E-state index in [9.17, 15) is 13.6 Å². The van der Waals surface area contributed by atoms with Crippen LogP contribution in [0.5, 0.6) is 0 Å². The summed E-state index contributed by atoms with van der Waals surface area (Å²) in [7, 11) is 0. The van der Waals surface area contributed by atoms with Gasteiger partial charge in [-0.2, -0.15) is 0 Å². The van der Waals surface area contributed by atoms with Crippen molar-refractivity contribution in [1.82, 2.24) is 16.0 Å². The number of amides is 1. The van der Waals surface area contributed by atoms with E-state index in [0.29, 0.717) is 31.0 Å². The van der Waals surface area contributed by atoms with Crippen molar-refractivity contribution >= 4 is 11.9 Å². The first-order valence-corrected chi connectivity index (χ1v) is 7.98. The molecule has 0 radical (unpaired) electrons. The number of rotatable bonds is 6. The molecule has 0 aliphatic heterocycles. The Hall–Kier alpha value is -2.18. The van der Waals surface area contributed by atoms with Crippen LogP contribution in [0, 0.1) is 11.6 Å². The van der Waals surface area contributed by atoms with Crippen LogP contribution in [0.25, 0.3) is 0 Å². The van der Waals surface area contributed by atoms with Gasteiger partial charge in [0.05, 0.1) is 0 Å². The van der Waals surface area contributed by atoms with Crippen molar-refractivity contribution in [3.05, 3.63) is 35.4 Å². The minimum Gasteiger partial charge on any atom is -0.357 e. The van der Waals surface area contributed by atoms with Gasteiger partial charge >= 0.3 is 0 Å². The fourth-order valence-corrected chi connectivity index (χ4v) is 2.03. The van der Waals surface area contributed by atoms with E-state index in [1.807, 2.05) is 27.7 Å².